The smallest absolute Gasteiger partial charge is 0.213 e. The SMILES string of the molecule is c1ccc(-c2cc(-c3ccc(-c4cccc5nc(-c6ccccc6)c6oc7c(c8ccccc8n7-c7ccccc7)c6c45)cc3)nc(-c3ccccc3)n2)cc1. The van der Waals surface area contributed by atoms with Crippen LogP contribution in [-0.2, 0) is 0 Å². The lowest BCUT2D eigenvalue weighted by Gasteiger charge is -2.12. The monoisotopic (exact) mass is 716 g/mol. The zero-order valence-electron chi connectivity index (χ0n) is 30.2. The van der Waals surface area contributed by atoms with Crippen molar-refractivity contribution < 1.29 is 4.42 Å². The minimum absolute atomic E-state index is 0.696. The Hall–Kier alpha value is -7.63. The molecule has 0 saturated carbocycles. The molecule has 11 rings (SSSR count). The lowest BCUT2D eigenvalue weighted by atomic mass is 9.94. The molecule has 0 amide bonds. The van der Waals surface area contributed by atoms with Crippen LogP contribution in [0.3, 0.4) is 0 Å². The standard InChI is InChI=1S/C51H32N4O/c1-5-16-34(17-6-1)42-32-43(54-50(53-42)37-20-9-3-10-21-37)35-30-28-33(29-31-35)39-25-15-26-41-45(39)47-46-40-24-13-14-27-44(40)55(38-22-11-4-12-23-38)51(46)56-49(47)48(52-41)36-18-7-2-8-19-36/h1-32H. The Morgan fingerprint density at radius 1 is 0.411 bits per heavy atom. The second-order valence-corrected chi connectivity index (χ2v) is 14.0. The number of para-hydroxylation sites is 2. The minimum Gasteiger partial charge on any atom is -0.437 e. The molecule has 5 nitrogen and oxygen atoms in total. The summed E-state index contributed by atoms with van der Waals surface area (Å²) < 4.78 is 9.30. The van der Waals surface area contributed by atoms with Crippen LogP contribution in [0.4, 0.5) is 0 Å². The number of furan rings is 1. The number of pyridine rings is 1. The number of aromatic nitrogens is 4. The van der Waals surface area contributed by atoms with E-state index in [9.17, 15) is 0 Å². The average Bonchev–Trinajstić information content (AvgIpc) is 3.82. The molecule has 0 bridgehead atoms. The van der Waals surface area contributed by atoms with Gasteiger partial charge in [0.05, 0.1) is 27.8 Å². The number of rotatable bonds is 6. The lowest BCUT2D eigenvalue weighted by molar-refractivity contribution is 0.645. The van der Waals surface area contributed by atoms with Gasteiger partial charge < -0.3 is 4.42 Å². The van der Waals surface area contributed by atoms with Gasteiger partial charge in [0.25, 0.3) is 0 Å². The number of fused-ring (bicyclic) bond motifs is 7. The largest absolute Gasteiger partial charge is 0.437 e. The molecule has 0 aliphatic carbocycles. The molecular weight excluding hydrogens is 685 g/mol. The molecule has 0 saturated heterocycles. The summed E-state index contributed by atoms with van der Waals surface area (Å²) in [7, 11) is 0. The van der Waals surface area contributed by atoms with Crippen LogP contribution in [-0.4, -0.2) is 19.5 Å². The quantitative estimate of drug-likeness (QED) is 0.172. The number of benzene rings is 7. The van der Waals surface area contributed by atoms with Crippen LogP contribution in [0.5, 0.6) is 0 Å². The molecule has 4 aromatic heterocycles. The molecule has 0 aliphatic rings. The van der Waals surface area contributed by atoms with Crippen LogP contribution < -0.4 is 0 Å². The van der Waals surface area contributed by atoms with Gasteiger partial charge in [0.15, 0.2) is 11.4 Å². The zero-order chi connectivity index (χ0) is 37.0. The molecule has 0 fully saturated rings. The highest BCUT2D eigenvalue weighted by Crippen LogP contribution is 2.47. The van der Waals surface area contributed by atoms with Crippen molar-refractivity contribution in [3.05, 3.63) is 194 Å². The predicted octanol–water partition coefficient (Wildman–Crippen LogP) is 13.2. The normalized spacial score (nSPS) is 11.6. The second kappa shape index (κ2) is 13.0. The van der Waals surface area contributed by atoms with Crippen molar-refractivity contribution in [1.82, 2.24) is 19.5 Å². The first-order chi connectivity index (χ1) is 27.8. The third-order valence-corrected chi connectivity index (χ3v) is 10.6. The van der Waals surface area contributed by atoms with Crippen molar-refractivity contribution >= 4 is 43.9 Å². The van der Waals surface area contributed by atoms with Gasteiger partial charge in [0, 0.05) is 44.1 Å². The third-order valence-electron chi connectivity index (χ3n) is 10.6. The van der Waals surface area contributed by atoms with Gasteiger partial charge in [-0.3, -0.25) is 4.57 Å². The molecule has 11 aromatic rings. The maximum absolute atomic E-state index is 7.07. The fourth-order valence-electron chi connectivity index (χ4n) is 8.04. The maximum Gasteiger partial charge on any atom is 0.213 e. The first-order valence-corrected chi connectivity index (χ1v) is 18.8. The van der Waals surface area contributed by atoms with E-state index in [1.54, 1.807) is 0 Å². The molecule has 7 aromatic carbocycles. The van der Waals surface area contributed by atoms with E-state index in [1.807, 2.05) is 48.5 Å². The Bertz CT molecular complexity index is 3150. The Kier molecular flexibility index (Phi) is 7.42. The van der Waals surface area contributed by atoms with Crippen molar-refractivity contribution in [1.29, 1.82) is 0 Å². The van der Waals surface area contributed by atoms with Crippen molar-refractivity contribution in [2.45, 2.75) is 0 Å². The van der Waals surface area contributed by atoms with E-state index in [0.29, 0.717) is 5.82 Å². The summed E-state index contributed by atoms with van der Waals surface area (Å²) in [5.41, 5.74) is 13.4. The average molecular weight is 717 g/mol. The summed E-state index contributed by atoms with van der Waals surface area (Å²) in [4.78, 5) is 15.4. The van der Waals surface area contributed by atoms with Gasteiger partial charge in [-0.1, -0.05) is 164 Å². The number of hydrogen-bond donors (Lipinski definition) is 0. The Morgan fingerprint density at radius 3 is 1.68 bits per heavy atom. The molecule has 262 valence electrons. The van der Waals surface area contributed by atoms with Crippen LogP contribution in [0.2, 0.25) is 0 Å². The molecule has 5 heteroatoms. The summed E-state index contributed by atoms with van der Waals surface area (Å²) in [5, 5.41) is 4.33. The Morgan fingerprint density at radius 2 is 0.982 bits per heavy atom. The summed E-state index contributed by atoms with van der Waals surface area (Å²) in [5.74, 6) is 0.696. The van der Waals surface area contributed by atoms with Crippen LogP contribution in [0.25, 0.3) is 106 Å². The first kappa shape index (κ1) is 31.9. The molecule has 4 heterocycles. The summed E-state index contributed by atoms with van der Waals surface area (Å²) in [6.07, 6.45) is 0. The highest BCUT2D eigenvalue weighted by Gasteiger charge is 2.25. The molecule has 0 spiro atoms. The minimum atomic E-state index is 0.696. The van der Waals surface area contributed by atoms with E-state index in [1.165, 1.54) is 0 Å². The molecule has 0 radical (unpaired) electrons. The first-order valence-electron chi connectivity index (χ1n) is 18.8. The van der Waals surface area contributed by atoms with Gasteiger partial charge in [-0.25, -0.2) is 15.0 Å². The van der Waals surface area contributed by atoms with Gasteiger partial charge in [-0.15, -0.1) is 0 Å². The predicted molar refractivity (Wildman–Crippen MR) is 229 cm³/mol. The van der Waals surface area contributed by atoms with E-state index < -0.39 is 0 Å². The zero-order valence-corrected chi connectivity index (χ0v) is 30.2. The van der Waals surface area contributed by atoms with Crippen LogP contribution in [0, 0.1) is 0 Å². The van der Waals surface area contributed by atoms with Gasteiger partial charge in [-0.2, -0.15) is 0 Å². The van der Waals surface area contributed by atoms with Gasteiger partial charge in [0.1, 0.15) is 5.69 Å². The highest BCUT2D eigenvalue weighted by molar-refractivity contribution is 6.30. The number of nitrogens with zero attached hydrogens (tertiary/aromatic N) is 4. The Balaban J connectivity index is 1.14. The summed E-state index contributed by atoms with van der Waals surface area (Å²) in [6.45, 7) is 0. The lowest BCUT2D eigenvalue weighted by Crippen LogP contribution is -1.96. The maximum atomic E-state index is 7.07. The molecule has 0 aliphatic heterocycles. The van der Waals surface area contributed by atoms with E-state index in [-0.39, 0.29) is 0 Å². The fourth-order valence-corrected chi connectivity index (χ4v) is 8.04. The van der Waals surface area contributed by atoms with E-state index in [2.05, 4.69) is 150 Å². The van der Waals surface area contributed by atoms with Crippen molar-refractivity contribution in [3.63, 3.8) is 0 Å². The van der Waals surface area contributed by atoms with Crippen LogP contribution in [0.1, 0.15) is 0 Å². The molecular formula is C51H32N4O. The van der Waals surface area contributed by atoms with Crippen molar-refractivity contribution in [2.24, 2.45) is 0 Å². The van der Waals surface area contributed by atoms with E-state index in [0.717, 1.165) is 100 Å². The fraction of sp³-hybridized carbons (Fsp3) is 0. The highest BCUT2D eigenvalue weighted by atomic mass is 16.3. The van der Waals surface area contributed by atoms with E-state index in [4.69, 9.17) is 19.4 Å². The van der Waals surface area contributed by atoms with Gasteiger partial charge in [-0.05, 0) is 41.5 Å². The van der Waals surface area contributed by atoms with Crippen molar-refractivity contribution in [2.75, 3.05) is 0 Å². The van der Waals surface area contributed by atoms with Crippen molar-refractivity contribution in [3.8, 4) is 62.0 Å². The Labute approximate surface area is 322 Å². The van der Waals surface area contributed by atoms with Crippen LogP contribution >= 0.6 is 0 Å². The molecule has 56 heavy (non-hydrogen) atoms. The van der Waals surface area contributed by atoms with Crippen LogP contribution in [0.15, 0.2) is 199 Å². The molecule has 0 atom stereocenters. The molecule has 0 unspecified atom stereocenters. The topological polar surface area (TPSA) is 56.7 Å². The number of hydrogen-bond acceptors (Lipinski definition) is 4. The van der Waals surface area contributed by atoms with Gasteiger partial charge in [0.2, 0.25) is 5.71 Å². The van der Waals surface area contributed by atoms with E-state index >= 15 is 0 Å². The summed E-state index contributed by atoms with van der Waals surface area (Å²) >= 11 is 0. The third kappa shape index (κ3) is 5.21. The van der Waals surface area contributed by atoms with Gasteiger partial charge >= 0.3 is 0 Å². The summed E-state index contributed by atoms with van der Waals surface area (Å²) in [6, 6.07) is 67.0. The second-order valence-electron chi connectivity index (χ2n) is 14.0. The molecule has 0 N–H and O–H groups in total.